The lowest BCUT2D eigenvalue weighted by Crippen LogP contribution is -2.14. The van der Waals surface area contributed by atoms with Gasteiger partial charge in [-0.25, -0.2) is 14.4 Å². The number of anilines is 2. The minimum atomic E-state index is -0.622. The smallest absolute Gasteiger partial charge is 0.163 e. The Morgan fingerprint density at radius 2 is 1.94 bits per heavy atom. The monoisotopic (exact) mass is 447 g/mol. The number of ether oxygens (including phenoxy) is 3. The number of aromatic nitrogens is 2. The first-order valence-corrected chi connectivity index (χ1v) is 10.4. The van der Waals surface area contributed by atoms with Gasteiger partial charge < -0.3 is 24.6 Å². The van der Waals surface area contributed by atoms with Crippen LogP contribution < -0.4 is 14.8 Å². The van der Waals surface area contributed by atoms with Crippen molar-refractivity contribution in [1.29, 1.82) is 0 Å². The van der Waals surface area contributed by atoms with Crippen LogP contribution in [-0.4, -0.2) is 41.5 Å². The number of phenolic OH excluding ortho intramolecular Hbond substituents is 1. The number of aromatic hydroxyl groups is 1. The third-order valence-electron chi connectivity index (χ3n) is 5.21. The number of halogens is 2. The van der Waals surface area contributed by atoms with Gasteiger partial charge in [-0.3, -0.25) is 0 Å². The lowest BCUT2D eigenvalue weighted by atomic mass is 10.2. The van der Waals surface area contributed by atoms with E-state index in [4.69, 9.17) is 25.8 Å². The second-order valence-electron chi connectivity index (χ2n) is 7.28. The predicted octanol–water partition coefficient (Wildman–Crippen LogP) is 5.22. The molecular formula is C22H23ClFN3O4. The maximum Gasteiger partial charge on any atom is 0.163 e. The Morgan fingerprint density at radius 1 is 1.13 bits per heavy atom. The molecule has 7 nitrogen and oxygen atoms in total. The second-order valence-corrected chi connectivity index (χ2v) is 7.68. The summed E-state index contributed by atoms with van der Waals surface area (Å²) in [5.74, 6) is 0.511. The number of hydrogen-bond acceptors (Lipinski definition) is 7. The molecule has 1 fully saturated rings. The highest BCUT2D eigenvalue weighted by molar-refractivity contribution is 6.32. The van der Waals surface area contributed by atoms with Crippen LogP contribution in [0.1, 0.15) is 25.7 Å². The third-order valence-corrected chi connectivity index (χ3v) is 5.51. The summed E-state index contributed by atoms with van der Waals surface area (Å²) in [6, 6.07) is 5.69. The first kappa shape index (κ1) is 21.4. The van der Waals surface area contributed by atoms with E-state index in [9.17, 15) is 9.50 Å². The van der Waals surface area contributed by atoms with Gasteiger partial charge in [0.1, 0.15) is 30.3 Å². The summed E-state index contributed by atoms with van der Waals surface area (Å²) in [6.45, 7) is 0.894. The zero-order valence-electron chi connectivity index (χ0n) is 17.0. The van der Waals surface area contributed by atoms with E-state index in [1.165, 1.54) is 32.3 Å². The number of fused-ring (bicyclic) bond motifs is 1. The van der Waals surface area contributed by atoms with Crippen LogP contribution in [0.4, 0.5) is 15.9 Å². The van der Waals surface area contributed by atoms with E-state index in [0.29, 0.717) is 47.5 Å². The highest BCUT2D eigenvalue weighted by Gasteiger charge is 2.16. The Labute approximate surface area is 184 Å². The summed E-state index contributed by atoms with van der Waals surface area (Å²) >= 11 is 5.75. The van der Waals surface area contributed by atoms with Gasteiger partial charge in [0.05, 0.1) is 36.0 Å². The highest BCUT2D eigenvalue weighted by atomic mass is 35.5. The Bertz CT molecular complexity index is 1080. The minimum Gasteiger partial charge on any atom is -0.506 e. The van der Waals surface area contributed by atoms with Crippen molar-refractivity contribution in [3.63, 3.8) is 0 Å². The topological polar surface area (TPSA) is 85.7 Å². The molecule has 164 valence electrons. The number of nitrogens with zero attached hydrogens (tertiary/aromatic N) is 2. The molecule has 0 radical (unpaired) electrons. The Balaban J connectivity index is 1.54. The summed E-state index contributed by atoms with van der Waals surface area (Å²) in [6.07, 6.45) is 6.35. The Morgan fingerprint density at radius 3 is 2.71 bits per heavy atom. The van der Waals surface area contributed by atoms with Crippen LogP contribution in [-0.2, 0) is 4.74 Å². The lowest BCUT2D eigenvalue weighted by molar-refractivity contribution is 0.0378. The second kappa shape index (κ2) is 9.53. The van der Waals surface area contributed by atoms with Gasteiger partial charge >= 0.3 is 0 Å². The first-order chi connectivity index (χ1) is 15.0. The molecule has 1 aromatic heterocycles. The fraction of sp³-hybridized carbons (Fsp3) is 0.364. The quantitative estimate of drug-likeness (QED) is 0.458. The van der Waals surface area contributed by atoms with Crippen molar-refractivity contribution in [2.24, 2.45) is 0 Å². The summed E-state index contributed by atoms with van der Waals surface area (Å²) in [5.41, 5.74) is 0.619. The van der Waals surface area contributed by atoms with Crippen LogP contribution in [0.5, 0.6) is 17.2 Å². The van der Waals surface area contributed by atoms with E-state index in [2.05, 4.69) is 15.3 Å². The molecule has 4 rings (SSSR count). The SMILES string of the molecule is COc1cc2c(Nc3cc(O)c(Cl)cc3F)ncnc2cc1OCCOC1CCCC1. The van der Waals surface area contributed by atoms with Gasteiger partial charge in [-0.1, -0.05) is 24.4 Å². The largest absolute Gasteiger partial charge is 0.506 e. The molecule has 1 saturated carbocycles. The zero-order chi connectivity index (χ0) is 21.8. The standard InChI is InChI=1S/C22H23ClFN3O4/c1-29-20-8-14-17(11-21(20)31-7-6-30-13-4-2-3-5-13)25-12-26-22(14)27-18-10-19(28)15(23)9-16(18)24/h8-13,28H,2-7H2,1H3,(H,25,26,27). The van der Waals surface area contributed by atoms with E-state index >= 15 is 0 Å². The molecule has 3 aromatic rings. The molecule has 0 aliphatic heterocycles. The Kier molecular flexibility index (Phi) is 6.58. The molecule has 0 spiro atoms. The average molecular weight is 448 g/mol. The summed E-state index contributed by atoms with van der Waals surface area (Å²) < 4.78 is 31.4. The Hall–Kier alpha value is -2.84. The van der Waals surface area contributed by atoms with Crippen LogP contribution in [0.2, 0.25) is 5.02 Å². The molecule has 0 bridgehead atoms. The maximum atomic E-state index is 14.3. The van der Waals surface area contributed by atoms with E-state index in [-0.39, 0.29) is 16.5 Å². The van der Waals surface area contributed by atoms with Crippen molar-refractivity contribution >= 4 is 34.0 Å². The number of phenols is 1. The molecule has 9 heteroatoms. The average Bonchev–Trinajstić information content (AvgIpc) is 3.28. The molecule has 2 aromatic carbocycles. The first-order valence-electron chi connectivity index (χ1n) is 10.1. The van der Waals surface area contributed by atoms with Gasteiger partial charge in [-0.15, -0.1) is 0 Å². The minimum absolute atomic E-state index is 0.0326. The fourth-order valence-corrected chi connectivity index (χ4v) is 3.77. The molecule has 0 saturated heterocycles. The molecule has 1 heterocycles. The number of benzene rings is 2. The van der Waals surface area contributed by atoms with Gasteiger partial charge in [0.25, 0.3) is 0 Å². The summed E-state index contributed by atoms with van der Waals surface area (Å²) in [4.78, 5) is 8.48. The van der Waals surface area contributed by atoms with Crippen molar-refractivity contribution in [2.45, 2.75) is 31.8 Å². The van der Waals surface area contributed by atoms with Crippen molar-refractivity contribution in [2.75, 3.05) is 25.6 Å². The third kappa shape index (κ3) is 4.91. The number of nitrogens with one attached hydrogen (secondary N) is 1. The van der Waals surface area contributed by atoms with Gasteiger partial charge in [-0.2, -0.15) is 0 Å². The van der Waals surface area contributed by atoms with Crippen LogP contribution >= 0.6 is 11.6 Å². The highest BCUT2D eigenvalue weighted by Crippen LogP contribution is 2.36. The van der Waals surface area contributed by atoms with E-state index in [1.807, 2.05) is 0 Å². The van der Waals surface area contributed by atoms with Crippen molar-refractivity contribution in [3.8, 4) is 17.2 Å². The van der Waals surface area contributed by atoms with Crippen molar-refractivity contribution in [3.05, 3.63) is 41.4 Å². The molecule has 31 heavy (non-hydrogen) atoms. The van der Waals surface area contributed by atoms with Gasteiger partial charge in [0.15, 0.2) is 11.5 Å². The summed E-state index contributed by atoms with van der Waals surface area (Å²) in [5, 5.41) is 13.2. The number of methoxy groups -OCH3 is 1. The molecular weight excluding hydrogens is 425 g/mol. The van der Waals surface area contributed by atoms with Crippen molar-refractivity contribution in [1.82, 2.24) is 9.97 Å². The maximum absolute atomic E-state index is 14.3. The molecule has 2 N–H and O–H groups in total. The number of hydrogen-bond donors (Lipinski definition) is 2. The van der Waals surface area contributed by atoms with E-state index < -0.39 is 5.82 Å². The normalized spacial score (nSPS) is 14.2. The molecule has 1 aliphatic carbocycles. The van der Waals surface area contributed by atoms with E-state index in [0.717, 1.165) is 18.9 Å². The summed E-state index contributed by atoms with van der Waals surface area (Å²) in [7, 11) is 1.54. The van der Waals surface area contributed by atoms with Gasteiger partial charge in [0, 0.05) is 17.5 Å². The van der Waals surface area contributed by atoms with E-state index in [1.54, 1.807) is 12.1 Å². The zero-order valence-corrected chi connectivity index (χ0v) is 17.8. The lowest BCUT2D eigenvalue weighted by Gasteiger charge is -2.15. The predicted molar refractivity (Wildman–Crippen MR) is 116 cm³/mol. The van der Waals surface area contributed by atoms with Gasteiger partial charge in [-0.05, 0) is 25.0 Å². The van der Waals surface area contributed by atoms with Crippen LogP contribution in [0.3, 0.4) is 0 Å². The van der Waals surface area contributed by atoms with Gasteiger partial charge in [0.2, 0.25) is 0 Å². The fourth-order valence-electron chi connectivity index (χ4n) is 3.62. The molecule has 1 aliphatic rings. The van der Waals surface area contributed by atoms with Crippen LogP contribution in [0.25, 0.3) is 10.9 Å². The van der Waals surface area contributed by atoms with Crippen molar-refractivity contribution < 1.29 is 23.7 Å². The van der Waals surface area contributed by atoms with Crippen LogP contribution in [0, 0.1) is 5.82 Å². The molecule has 0 amide bonds. The number of rotatable bonds is 8. The molecule has 0 unspecified atom stereocenters. The molecule has 0 atom stereocenters. The van der Waals surface area contributed by atoms with Crippen LogP contribution in [0.15, 0.2) is 30.6 Å².